The summed E-state index contributed by atoms with van der Waals surface area (Å²) in [7, 11) is 0. The van der Waals surface area contributed by atoms with Crippen LogP contribution in [0.25, 0.3) is 0 Å². The van der Waals surface area contributed by atoms with E-state index in [1.807, 2.05) is 13.8 Å². The van der Waals surface area contributed by atoms with Crippen LogP contribution in [-0.4, -0.2) is 6.10 Å². The third-order valence-electron chi connectivity index (χ3n) is 1.45. The Balaban J connectivity index is 2.91. The quantitative estimate of drug-likeness (QED) is 0.578. The average Bonchev–Trinajstić information content (AvgIpc) is 1.98. The highest BCUT2D eigenvalue weighted by molar-refractivity contribution is 5.38. The first-order valence-electron chi connectivity index (χ1n) is 3.50. The van der Waals surface area contributed by atoms with Crippen LogP contribution in [0.1, 0.15) is 19.4 Å². The second-order valence-corrected chi connectivity index (χ2v) is 2.78. The van der Waals surface area contributed by atoms with Crippen LogP contribution >= 0.6 is 0 Å². The molecule has 1 aromatic rings. The van der Waals surface area contributed by atoms with Gasteiger partial charge in [-0.3, -0.25) is 9.59 Å². The fraction of sp³-hybridized carbons (Fsp3) is 0.500. The molecule has 0 heterocycles. The fourth-order valence-electron chi connectivity index (χ4n) is 0.862. The summed E-state index contributed by atoms with van der Waals surface area (Å²) in [4.78, 5) is 21.4. The van der Waals surface area contributed by atoms with Crippen LogP contribution < -0.4 is 15.6 Å². The molecule has 0 saturated carbocycles. The van der Waals surface area contributed by atoms with Crippen LogP contribution in [0.2, 0.25) is 0 Å². The smallest absolute Gasteiger partial charge is 0.268 e. The Hall–Kier alpha value is -1.12. The van der Waals surface area contributed by atoms with Crippen molar-refractivity contribution in [2.24, 2.45) is 0 Å². The first-order chi connectivity index (χ1) is 5.04. The molecule has 1 aromatic carbocycles. The minimum atomic E-state index is -0.490. The van der Waals surface area contributed by atoms with E-state index in [2.05, 4.69) is 0 Å². The largest absolute Gasteiger partial charge is 0.486 e. The average molecular weight is 154 g/mol. The molecule has 0 aliphatic rings. The van der Waals surface area contributed by atoms with Gasteiger partial charge in [0.2, 0.25) is 5.43 Å². The third kappa shape index (κ3) is 1.18. The van der Waals surface area contributed by atoms with Gasteiger partial charge in [-0.25, -0.2) is 0 Å². The van der Waals surface area contributed by atoms with Crippen LogP contribution in [-0.2, 0) is 0 Å². The molecule has 3 heteroatoms. The van der Waals surface area contributed by atoms with Crippen molar-refractivity contribution in [3.63, 3.8) is 0 Å². The molecular weight excluding hydrogens is 144 g/mol. The van der Waals surface area contributed by atoms with Gasteiger partial charge < -0.3 is 4.74 Å². The zero-order valence-corrected chi connectivity index (χ0v) is 6.80. The standard InChI is InChI=1S/C8H10O3/c1-4(2)11-8-5(3)6(9)7(8)10/h4H,1-3H3. The molecule has 0 aliphatic carbocycles. The Kier molecular flexibility index (Phi) is 1.81. The van der Waals surface area contributed by atoms with Crippen LogP contribution in [0.5, 0.6) is 5.75 Å². The fourth-order valence-corrected chi connectivity index (χ4v) is 0.862. The lowest BCUT2D eigenvalue weighted by Crippen LogP contribution is -2.36. The van der Waals surface area contributed by atoms with Crippen molar-refractivity contribution < 1.29 is 4.74 Å². The van der Waals surface area contributed by atoms with Crippen LogP contribution in [0.15, 0.2) is 9.59 Å². The van der Waals surface area contributed by atoms with E-state index in [-0.39, 0.29) is 11.9 Å². The molecule has 0 unspecified atom stereocenters. The predicted molar refractivity (Wildman–Crippen MR) is 41.9 cm³/mol. The Morgan fingerprint density at radius 1 is 1.18 bits per heavy atom. The van der Waals surface area contributed by atoms with Gasteiger partial charge in [0.05, 0.1) is 6.10 Å². The van der Waals surface area contributed by atoms with E-state index < -0.39 is 10.9 Å². The Labute approximate surface area is 64.3 Å². The number of rotatable bonds is 2. The van der Waals surface area contributed by atoms with Crippen molar-refractivity contribution in [1.29, 1.82) is 0 Å². The van der Waals surface area contributed by atoms with Gasteiger partial charge in [0, 0.05) is 5.56 Å². The molecule has 60 valence electrons. The van der Waals surface area contributed by atoms with Crippen LogP contribution in [0.3, 0.4) is 0 Å². The van der Waals surface area contributed by atoms with Crippen LogP contribution in [0, 0.1) is 6.92 Å². The lowest BCUT2D eigenvalue weighted by Gasteiger charge is -2.11. The van der Waals surface area contributed by atoms with E-state index in [0.717, 1.165) is 0 Å². The van der Waals surface area contributed by atoms with Gasteiger partial charge in [-0.2, -0.15) is 0 Å². The summed E-state index contributed by atoms with van der Waals surface area (Å²) in [6, 6.07) is 0. The highest BCUT2D eigenvalue weighted by atomic mass is 16.5. The summed E-state index contributed by atoms with van der Waals surface area (Å²) >= 11 is 0. The van der Waals surface area contributed by atoms with Gasteiger partial charge in [-0.15, -0.1) is 0 Å². The molecule has 0 spiro atoms. The van der Waals surface area contributed by atoms with Crippen molar-refractivity contribution in [2.45, 2.75) is 26.9 Å². The van der Waals surface area contributed by atoms with Gasteiger partial charge in [0.15, 0.2) is 5.75 Å². The van der Waals surface area contributed by atoms with Crippen molar-refractivity contribution in [2.75, 3.05) is 0 Å². The lowest BCUT2D eigenvalue weighted by atomic mass is 10.1. The lowest BCUT2D eigenvalue weighted by molar-refractivity contribution is 0.235. The number of hydrogen-bond donors (Lipinski definition) is 0. The zero-order valence-electron chi connectivity index (χ0n) is 6.80. The van der Waals surface area contributed by atoms with E-state index in [1.165, 1.54) is 0 Å². The zero-order chi connectivity index (χ0) is 8.59. The molecule has 3 nitrogen and oxygen atoms in total. The Morgan fingerprint density at radius 3 is 2.09 bits per heavy atom. The van der Waals surface area contributed by atoms with Crippen molar-refractivity contribution in [3.8, 4) is 5.75 Å². The normalized spacial score (nSPS) is 10.9. The molecule has 0 N–H and O–H groups in total. The van der Waals surface area contributed by atoms with Gasteiger partial charge in [0.1, 0.15) is 0 Å². The molecule has 1 rings (SSSR count). The Morgan fingerprint density at radius 2 is 1.73 bits per heavy atom. The molecule has 0 amide bonds. The molecule has 0 saturated heterocycles. The van der Waals surface area contributed by atoms with Gasteiger partial charge >= 0.3 is 0 Å². The molecule has 11 heavy (non-hydrogen) atoms. The summed E-state index contributed by atoms with van der Waals surface area (Å²) in [5.41, 5.74) is -0.458. The number of ether oxygens (including phenoxy) is 1. The Bertz CT molecular complexity index is 329. The summed E-state index contributed by atoms with van der Waals surface area (Å²) in [5, 5.41) is 0. The number of hydrogen-bond acceptors (Lipinski definition) is 3. The van der Waals surface area contributed by atoms with E-state index in [1.54, 1.807) is 6.92 Å². The summed E-state index contributed by atoms with van der Waals surface area (Å²) < 4.78 is 5.09. The molecule has 0 fully saturated rings. The highest BCUT2D eigenvalue weighted by Gasteiger charge is 2.18. The second-order valence-electron chi connectivity index (χ2n) is 2.78. The van der Waals surface area contributed by atoms with Crippen molar-refractivity contribution in [1.82, 2.24) is 0 Å². The predicted octanol–water partition coefficient (Wildman–Crippen LogP) is 0.378. The third-order valence-corrected chi connectivity index (χ3v) is 1.45. The van der Waals surface area contributed by atoms with Crippen molar-refractivity contribution in [3.05, 3.63) is 26.0 Å². The maximum atomic E-state index is 10.8. The van der Waals surface area contributed by atoms with Crippen LogP contribution in [0.4, 0.5) is 0 Å². The molecule has 0 bridgehead atoms. The molecule has 0 aromatic heterocycles. The monoisotopic (exact) mass is 154 g/mol. The second kappa shape index (κ2) is 2.49. The van der Waals surface area contributed by atoms with Gasteiger partial charge in [-0.05, 0) is 20.8 Å². The van der Waals surface area contributed by atoms with Gasteiger partial charge in [-0.1, -0.05) is 0 Å². The summed E-state index contributed by atoms with van der Waals surface area (Å²) in [6.45, 7) is 5.23. The van der Waals surface area contributed by atoms with E-state index in [9.17, 15) is 9.59 Å². The molecule has 0 atom stereocenters. The highest BCUT2D eigenvalue weighted by Crippen LogP contribution is 2.10. The minimum absolute atomic E-state index is 0.0444. The molecule has 0 radical (unpaired) electrons. The molecule has 0 aliphatic heterocycles. The maximum Gasteiger partial charge on any atom is 0.268 e. The van der Waals surface area contributed by atoms with Gasteiger partial charge in [0.25, 0.3) is 5.43 Å². The van der Waals surface area contributed by atoms with Crippen molar-refractivity contribution >= 4 is 0 Å². The SMILES string of the molecule is Cc1c(OC(C)C)c(=O)c1=O. The topological polar surface area (TPSA) is 43.4 Å². The van der Waals surface area contributed by atoms with E-state index in [0.29, 0.717) is 5.56 Å². The summed E-state index contributed by atoms with van der Waals surface area (Å²) in [6.07, 6.45) is -0.0444. The first kappa shape index (κ1) is 7.98. The summed E-state index contributed by atoms with van der Waals surface area (Å²) in [5.74, 6) is 0.241. The minimum Gasteiger partial charge on any atom is -0.486 e. The van der Waals surface area contributed by atoms with E-state index in [4.69, 9.17) is 4.74 Å². The van der Waals surface area contributed by atoms with E-state index >= 15 is 0 Å². The molecular formula is C8H10O3. The first-order valence-corrected chi connectivity index (χ1v) is 3.50. The maximum absolute atomic E-state index is 10.8.